The van der Waals surface area contributed by atoms with Crippen molar-refractivity contribution < 1.29 is 4.79 Å². The Morgan fingerprint density at radius 1 is 1.20 bits per heavy atom. The van der Waals surface area contributed by atoms with E-state index in [1.807, 2.05) is 12.1 Å². The molecule has 140 valence electrons. The van der Waals surface area contributed by atoms with Gasteiger partial charge in [-0.1, -0.05) is 26.0 Å². The van der Waals surface area contributed by atoms with Crippen molar-refractivity contribution >= 4 is 24.0 Å². The molecule has 1 aliphatic heterocycles. The first kappa shape index (κ1) is 20.2. The minimum absolute atomic E-state index is 0. The number of likely N-dealkylation sites (tertiary alicyclic amines) is 1. The molecule has 0 bridgehead atoms. The maximum absolute atomic E-state index is 12.3. The summed E-state index contributed by atoms with van der Waals surface area (Å²) in [5, 5.41) is 6.73. The van der Waals surface area contributed by atoms with Gasteiger partial charge in [0.25, 0.3) is 0 Å². The number of hydrogen-bond donors (Lipinski definition) is 2. The molecule has 0 unspecified atom stereocenters. The van der Waals surface area contributed by atoms with Gasteiger partial charge < -0.3 is 10.6 Å². The van der Waals surface area contributed by atoms with E-state index in [2.05, 4.69) is 41.5 Å². The summed E-state index contributed by atoms with van der Waals surface area (Å²) >= 11 is 0. The molecule has 1 aromatic rings. The number of anilines is 1. The fourth-order valence-electron chi connectivity index (χ4n) is 3.33. The van der Waals surface area contributed by atoms with Crippen LogP contribution < -0.4 is 10.6 Å². The average molecular weight is 366 g/mol. The molecule has 0 spiro atoms. The number of piperidine rings is 1. The van der Waals surface area contributed by atoms with Gasteiger partial charge in [-0.2, -0.15) is 0 Å². The largest absolute Gasteiger partial charge is 0.325 e. The highest BCUT2D eigenvalue weighted by Gasteiger charge is 2.24. The number of halogens is 1. The molecule has 0 aromatic heterocycles. The highest BCUT2D eigenvalue weighted by atomic mass is 35.5. The van der Waals surface area contributed by atoms with Crippen LogP contribution in [0.2, 0.25) is 0 Å². The molecule has 0 atom stereocenters. The lowest BCUT2D eigenvalue weighted by molar-refractivity contribution is -0.117. The summed E-state index contributed by atoms with van der Waals surface area (Å²) in [4.78, 5) is 14.6. The maximum atomic E-state index is 12.3. The summed E-state index contributed by atoms with van der Waals surface area (Å²) in [6, 6.07) is 8.82. The zero-order chi connectivity index (χ0) is 16.9. The predicted molar refractivity (Wildman–Crippen MR) is 107 cm³/mol. The summed E-state index contributed by atoms with van der Waals surface area (Å²) < 4.78 is 0. The fourth-order valence-corrected chi connectivity index (χ4v) is 3.33. The zero-order valence-electron chi connectivity index (χ0n) is 15.5. The third-order valence-electron chi connectivity index (χ3n) is 5.18. The van der Waals surface area contributed by atoms with E-state index < -0.39 is 0 Å². The van der Waals surface area contributed by atoms with Gasteiger partial charge >= 0.3 is 0 Å². The summed E-state index contributed by atoms with van der Waals surface area (Å²) in [7, 11) is 0. The molecule has 2 aliphatic rings. The van der Waals surface area contributed by atoms with Gasteiger partial charge in [0.15, 0.2) is 0 Å². The van der Waals surface area contributed by atoms with Crippen LogP contribution in [-0.2, 0) is 4.79 Å². The van der Waals surface area contributed by atoms with Gasteiger partial charge in [-0.25, -0.2) is 0 Å². The third-order valence-corrected chi connectivity index (χ3v) is 5.18. The van der Waals surface area contributed by atoms with E-state index in [1.165, 1.54) is 24.9 Å². The molecule has 1 aromatic carbocycles. The van der Waals surface area contributed by atoms with Crippen LogP contribution in [0.25, 0.3) is 0 Å². The van der Waals surface area contributed by atoms with Gasteiger partial charge in [0, 0.05) is 24.8 Å². The van der Waals surface area contributed by atoms with Crippen LogP contribution >= 0.6 is 12.4 Å². The van der Waals surface area contributed by atoms with E-state index in [4.69, 9.17) is 0 Å². The number of nitrogens with one attached hydrogen (secondary N) is 2. The first-order valence-electron chi connectivity index (χ1n) is 9.45. The topological polar surface area (TPSA) is 44.4 Å². The Morgan fingerprint density at radius 2 is 1.92 bits per heavy atom. The number of rotatable bonds is 7. The normalized spacial score (nSPS) is 18.8. The van der Waals surface area contributed by atoms with Crippen LogP contribution in [0.3, 0.4) is 0 Å². The number of hydrogen-bond acceptors (Lipinski definition) is 3. The van der Waals surface area contributed by atoms with Crippen LogP contribution in [0.1, 0.15) is 51.0 Å². The van der Waals surface area contributed by atoms with Gasteiger partial charge in [0.2, 0.25) is 5.91 Å². The molecule has 1 amide bonds. The van der Waals surface area contributed by atoms with E-state index in [0.717, 1.165) is 37.5 Å². The van der Waals surface area contributed by atoms with Crippen molar-refractivity contribution in [2.24, 2.45) is 5.92 Å². The van der Waals surface area contributed by atoms with E-state index >= 15 is 0 Å². The second-order valence-electron chi connectivity index (χ2n) is 7.73. The highest BCUT2D eigenvalue weighted by Crippen LogP contribution is 2.28. The molecule has 25 heavy (non-hydrogen) atoms. The minimum Gasteiger partial charge on any atom is -0.325 e. The molecular formula is C20H32ClN3O. The maximum Gasteiger partial charge on any atom is 0.238 e. The van der Waals surface area contributed by atoms with Crippen LogP contribution in [0.5, 0.6) is 0 Å². The molecule has 0 radical (unpaired) electrons. The summed E-state index contributed by atoms with van der Waals surface area (Å²) in [5.41, 5.74) is 2.17. The lowest BCUT2D eigenvalue weighted by Crippen LogP contribution is -2.45. The highest BCUT2D eigenvalue weighted by molar-refractivity contribution is 5.92. The SMILES string of the molecule is CC(C)c1cccc(NC(=O)CN2CCC(NCC3CC3)CC2)c1.Cl. The third kappa shape index (κ3) is 6.61. The predicted octanol–water partition coefficient (Wildman–Crippen LogP) is 3.63. The minimum atomic E-state index is 0. The molecule has 4 nitrogen and oxygen atoms in total. The van der Waals surface area contributed by atoms with Crippen molar-refractivity contribution in [2.45, 2.75) is 51.5 Å². The molecule has 5 heteroatoms. The standard InChI is InChI=1S/C20H31N3O.ClH/c1-15(2)17-4-3-5-19(12-17)22-20(24)14-23-10-8-18(9-11-23)21-13-16-6-7-16;/h3-5,12,15-16,18,21H,6-11,13-14H2,1-2H3,(H,22,24);1H. The first-order valence-corrected chi connectivity index (χ1v) is 9.45. The van der Waals surface area contributed by atoms with Crippen molar-refractivity contribution in [3.8, 4) is 0 Å². The van der Waals surface area contributed by atoms with Crippen molar-refractivity contribution in [2.75, 3.05) is 31.5 Å². The van der Waals surface area contributed by atoms with E-state index in [1.54, 1.807) is 0 Å². The Bertz CT molecular complexity index is 552. The van der Waals surface area contributed by atoms with Crippen molar-refractivity contribution in [1.29, 1.82) is 0 Å². The summed E-state index contributed by atoms with van der Waals surface area (Å²) in [5.74, 6) is 1.51. The fraction of sp³-hybridized carbons (Fsp3) is 0.650. The van der Waals surface area contributed by atoms with Gasteiger partial charge in [0.05, 0.1) is 6.54 Å². The van der Waals surface area contributed by atoms with E-state index in [-0.39, 0.29) is 18.3 Å². The van der Waals surface area contributed by atoms with Gasteiger partial charge in [-0.15, -0.1) is 12.4 Å². The Morgan fingerprint density at radius 3 is 2.56 bits per heavy atom. The van der Waals surface area contributed by atoms with E-state index in [9.17, 15) is 4.79 Å². The lowest BCUT2D eigenvalue weighted by Gasteiger charge is -2.32. The monoisotopic (exact) mass is 365 g/mol. The quantitative estimate of drug-likeness (QED) is 0.775. The zero-order valence-corrected chi connectivity index (χ0v) is 16.3. The summed E-state index contributed by atoms with van der Waals surface area (Å²) in [6.45, 7) is 8.06. The first-order chi connectivity index (χ1) is 11.6. The molecule has 2 fully saturated rings. The van der Waals surface area contributed by atoms with Crippen molar-refractivity contribution in [3.63, 3.8) is 0 Å². The Kier molecular flexibility index (Phi) is 7.73. The van der Waals surface area contributed by atoms with Crippen LogP contribution in [0.15, 0.2) is 24.3 Å². The number of amides is 1. The smallest absolute Gasteiger partial charge is 0.238 e. The molecule has 1 saturated carbocycles. The number of carbonyl (C=O) groups is 1. The Balaban J connectivity index is 0.00000225. The van der Waals surface area contributed by atoms with E-state index in [0.29, 0.717) is 18.5 Å². The number of benzene rings is 1. The molecular weight excluding hydrogens is 334 g/mol. The average Bonchev–Trinajstić information content (AvgIpc) is 3.39. The molecule has 2 N–H and O–H groups in total. The Labute approximate surface area is 158 Å². The summed E-state index contributed by atoms with van der Waals surface area (Å²) in [6.07, 6.45) is 5.12. The van der Waals surface area contributed by atoms with Gasteiger partial charge in [-0.05, 0) is 61.8 Å². The lowest BCUT2D eigenvalue weighted by atomic mass is 10.0. The second-order valence-corrected chi connectivity index (χ2v) is 7.73. The Hall–Kier alpha value is -1.10. The van der Waals surface area contributed by atoms with Crippen LogP contribution in [0.4, 0.5) is 5.69 Å². The van der Waals surface area contributed by atoms with Gasteiger partial charge in [0.1, 0.15) is 0 Å². The van der Waals surface area contributed by atoms with Crippen LogP contribution in [0, 0.1) is 5.92 Å². The number of carbonyl (C=O) groups excluding carboxylic acids is 1. The van der Waals surface area contributed by atoms with Crippen LogP contribution in [-0.4, -0.2) is 43.0 Å². The van der Waals surface area contributed by atoms with Crippen molar-refractivity contribution in [1.82, 2.24) is 10.2 Å². The van der Waals surface area contributed by atoms with Crippen molar-refractivity contribution in [3.05, 3.63) is 29.8 Å². The second kappa shape index (κ2) is 9.56. The molecule has 1 heterocycles. The number of nitrogens with zero attached hydrogens (tertiary/aromatic N) is 1. The van der Waals surface area contributed by atoms with Gasteiger partial charge in [-0.3, -0.25) is 9.69 Å². The molecule has 3 rings (SSSR count). The molecule has 1 saturated heterocycles. The molecule has 1 aliphatic carbocycles.